The maximum Gasteiger partial charge on any atom is 0.191 e. The van der Waals surface area contributed by atoms with E-state index in [0.717, 1.165) is 84.5 Å². The molecule has 0 aliphatic carbocycles. The van der Waals surface area contributed by atoms with Gasteiger partial charge in [-0.2, -0.15) is 0 Å². The van der Waals surface area contributed by atoms with Crippen LogP contribution in [0, 0.1) is 0 Å². The first-order chi connectivity index (χ1) is 15.6. The van der Waals surface area contributed by atoms with Gasteiger partial charge in [0.2, 0.25) is 0 Å². The van der Waals surface area contributed by atoms with Crippen LogP contribution in [0.1, 0.15) is 33.6 Å². The summed E-state index contributed by atoms with van der Waals surface area (Å²) in [6.45, 7) is 18.7. The van der Waals surface area contributed by atoms with Crippen molar-refractivity contribution in [3.63, 3.8) is 0 Å². The Balaban J connectivity index is 0.00000385. The predicted octanol–water partition coefficient (Wildman–Crippen LogP) is 2.87. The van der Waals surface area contributed by atoms with Crippen molar-refractivity contribution in [2.75, 3.05) is 83.6 Å². The second-order valence-corrected chi connectivity index (χ2v) is 9.41. The molecule has 2 N–H and O–H groups in total. The molecule has 0 bridgehead atoms. The molecule has 8 heteroatoms. The number of hydrogen-bond acceptors (Lipinski definition) is 5. The number of morpholine rings is 1. The lowest BCUT2D eigenvalue weighted by Gasteiger charge is -2.39. The molecule has 33 heavy (non-hydrogen) atoms. The number of aliphatic imine (C=N–C) groups is 1. The van der Waals surface area contributed by atoms with Crippen molar-refractivity contribution >= 4 is 35.6 Å². The topological polar surface area (TPSA) is 55.4 Å². The van der Waals surface area contributed by atoms with Crippen molar-refractivity contribution < 1.29 is 4.74 Å². The predicted molar refractivity (Wildman–Crippen MR) is 150 cm³/mol. The highest BCUT2D eigenvalue weighted by Gasteiger charge is 2.28. The molecule has 1 aromatic rings. The van der Waals surface area contributed by atoms with Crippen LogP contribution >= 0.6 is 24.0 Å². The van der Waals surface area contributed by atoms with E-state index in [0.29, 0.717) is 0 Å². The Labute approximate surface area is 218 Å². The molecule has 0 unspecified atom stereocenters. The van der Waals surface area contributed by atoms with Crippen LogP contribution in [0.25, 0.3) is 0 Å². The summed E-state index contributed by atoms with van der Waals surface area (Å²) in [6, 6.07) is 10.8. The molecule has 0 aromatic heterocycles. The maximum absolute atomic E-state index is 5.50. The lowest BCUT2D eigenvalue weighted by molar-refractivity contribution is -0.00683. The molecule has 0 spiro atoms. The van der Waals surface area contributed by atoms with E-state index in [-0.39, 0.29) is 29.5 Å². The smallest absolute Gasteiger partial charge is 0.191 e. The van der Waals surface area contributed by atoms with E-state index >= 15 is 0 Å². The fourth-order valence-electron chi connectivity index (χ4n) is 4.42. The van der Waals surface area contributed by atoms with Crippen LogP contribution in [0.3, 0.4) is 0 Å². The van der Waals surface area contributed by atoms with Crippen molar-refractivity contribution in [1.29, 1.82) is 0 Å². The molecule has 7 nitrogen and oxygen atoms in total. The normalized spacial score (nSPS) is 18.6. The monoisotopic (exact) mass is 572 g/mol. The minimum Gasteiger partial charge on any atom is -0.379 e. The van der Waals surface area contributed by atoms with E-state index in [2.05, 4.69) is 76.4 Å². The molecule has 0 saturated carbocycles. The molecule has 0 radical (unpaired) electrons. The molecule has 188 valence electrons. The Bertz CT molecular complexity index is 673. The number of benzene rings is 1. The summed E-state index contributed by atoms with van der Waals surface area (Å²) in [5.41, 5.74) is 1.40. The molecule has 0 atom stereocenters. The number of piperazine rings is 1. The van der Waals surface area contributed by atoms with Crippen molar-refractivity contribution in [3.8, 4) is 0 Å². The minimum absolute atomic E-state index is 0. The van der Waals surface area contributed by atoms with Gasteiger partial charge in [-0.3, -0.25) is 14.8 Å². The van der Waals surface area contributed by atoms with Gasteiger partial charge < -0.3 is 20.3 Å². The summed E-state index contributed by atoms with van der Waals surface area (Å²) >= 11 is 0. The van der Waals surface area contributed by atoms with Crippen molar-refractivity contribution in [3.05, 3.63) is 30.3 Å². The fourth-order valence-corrected chi connectivity index (χ4v) is 4.42. The third kappa shape index (κ3) is 9.58. The molecule has 2 aliphatic rings. The number of hydrogen-bond donors (Lipinski definition) is 2. The molecule has 2 heterocycles. The summed E-state index contributed by atoms with van der Waals surface area (Å²) in [4.78, 5) is 12.5. The lowest BCUT2D eigenvalue weighted by Crippen LogP contribution is -2.52. The van der Waals surface area contributed by atoms with Crippen LogP contribution in [0.15, 0.2) is 35.3 Å². The van der Waals surface area contributed by atoms with Gasteiger partial charge in [0.05, 0.1) is 19.8 Å². The second-order valence-electron chi connectivity index (χ2n) is 9.41. The van der Waals surface area contributed by atoms with Gasteiger partial charge in [0.15, 0.2) is 5.96 Å². The summed E-state index contributed by atoms with van der Waals surface area (Å²) in [5, 5.41) is 6.93. The molecule has 2 saturated heterocycles. The van der Waals surface area contributed by atoms with Crippen LogP contribution in [0.5, 0.6) is 0 Å². The summed E-state index contributed by atoms with van der Waals surface area (Å²) < 4.78 is 5.50. The third-order valence-corrected chi connectivity index (χ3v) is 6.52. The number of halogens is 1. The summed E-state index contributed by atoms with van der Waals surface area (Å²) in [6.07, 6.45) is 2.38. The molecular formula is C25H45IN6O. The fraction of sp³-hybridized carbons (Fsp3) is 0.720. The zero-order valence-electron chi connectivity index (χ0n) is 20.9. The number of rotatable bonds is 10. The van der Waals surface area contributed by atoms with Crippen LogP contribution < -0.4 is 15.5 Å². The van der Waals surface area contributed by atoms with E-state index in [9.17, 15) is 0 Å². The first-order valence-electron chi connectivity index (χ1n) is 12.5. The number of para-hydroxylation sites is 1. The van der Waals surface area contributed by atoms with Gasteiger partial charge in [-0.15, -0.1) is 24.0 Å². The summed E-state index contributed by atoms with van der Waals surface area (Å²) in [5.74, 6) is 0.935. The summed E-state index contributed by atoms with van der Waals surface area (Å²) in [7, 11) is 0. The van der Waals surface area contributed by atoms with Crippen molar-refractivity contribution in [1.82, 2.24) is 20.4 Å². The quantitative estimate of drug-likeness (QED) is 0.195. The van der Waals surface area contributed by atoms with Crippen LogP contribution in [0.4, 0.5) is 5.69 Å². The first kappa shape index (κ1) is 28.1. The zero-order chi connectivity index (χ0) is 22.7. The van der Waals surface area contributed by atoms with Crippen LogP contribution in [0.2, 0.25) is 0 Å². The van der Waals surface area contributed by atoms with Gasteiger partial charge in [0.25, 0.3) is 0 Å². The molecule has 2 aliphatic heterocycles. The SMILES string of the molecule is CCNC(=NCC(C)(C)N1CCOCC1)NCCCCN1CCN(c2ccccc2)CC1.I. The number of unbranched alkanes of at least 4 members (excludes halogenated alkanes) is 1. The van der Waals surface area contributed by atoms with Gasteiger partial charge >= 0.3 is 0 Å². The first-order valence-corrected chi connectivity index (χ1v) is 12.5. The Kier molecular flexibility index (Phi) is 12.8. The average Bonchev–Trinajstić information content (AvgIpc) is 2.84. The van der Waals surface area contributed by atoms with Crippen molar-refractivity contribution in [2.24, 2.45) is 4.99 Å². The highest BCUT2D eigenvalue weighted by atomic mass is 127. The number of guanidine groups is 1. The Hall–Kier alpha value is -1.10. The standard InChI is InChI=1S/C25H44N6O.HI/c1-4-26-24(28-22-25(2,3)31-18-20-32-21-19-31)27-12-8-9-13-29-14-16-30(17-15-29)23-10-6-5-7-11-23;/h5-7,10-11H,4,8-9,12-22H2,1-3H3,(H2,26,27,28);1H. The highest BCUT2D eigenvalue weighted by molar-refractivity contribution is 14.0. The van der Waals surface area contributed by atoms with Gasteiger partial charge in [0.1, 0.15) is 0 Å². The maximum atomic E-state index is 5.50. The minimum atomic E-state index is 0. The molecular weight excluding hydrogens is 527 g/mol. The molecule has 2 fully saturated rings. The van der Waals surface area contributed by atoms with Crippen LogP contribution in [-0.2, 0) is 4.74 Å². The largest absolute Gasteiger partial charge is 0.379 e. The van der Waals surface area contributed by atoms with E-state index in [1.54, 1.807) is 0 Å². The second kappa shape index (κ2) is 15.0. The van der Waals surface area contributed by atoms with E-state index in [1.807, 2.05) is 0 Å². The molecule has 1 aromatic carbocycles. The molecule has 3 rings (SSSR count). The van der Waals surface area contributed by atoms with Gasteiger partial charge in [-0.25, -0.2) is 0 Å². The Morgan fingerprint density at radius 2 is 1.67 bits per heavy atom. The highest BCUT2D eigenvalue weighted by Crippen LogP contribution is 2.17. The van der Waals surface area contributed by atoms with Gasteiger partial charge in [-0.1, -0.05) is 18.2 Å². The Morgan fingerprint density at radius 3 is 2.33 bits per heavy atom. The van der Waals surface area contributed by atoms with E-state index < -0.39 is 0 Å². The number of anilines is 1. The van der Waals surface area contributed by atoms with Gasteiger partial charge in [0, 0.05) is 63.6 Å². The average molecular weight is 573 g/mol. The van der Waals surface area contributed by atoms with Crippen molar-refractivity contribution in [2.45, 2.75) is 39.2 Å². The van der Waals surface area contributed by atoms with Crippen LogP contribution in [-0.4, -0.2) is 100.0 Å². The Morgan fingerprint density at radius 1 is 0.970 bits per heavy atom. The third-order valence-electron chi connectivity index (χ3n) is 6.52. The van der Waals surface area contributed by atoms with E-state index in [1.165, 1.54) is 18.7 Å². The number of nitrogens with one attached hydrogen (secondary N) is 2. The molecule has 0 amide bonds. The lowest BCUT2D eigenvalue weighted by atomic mass is 10.0. The number of nitrogens with zero attached hydrogens (tertiary/aromatic N) is 4. The van der Waals surface area contributed by atoms with Gasteiger partial charge in [-0.05, 0) is 52.3 Å². The van der Waals surface area contributed by atoms with E-state index in [4.69, 9.17) is 9.73 Å². The number of ether oxygens (including phenoxy) is 1. The zero-order valence-corrected chi connectivity index (χ0v) is 23.2.